The van der Waals surface area contributed by atoms with Crippen LogP contribution in [0.2, 0.25) is 0 Å². The van der Waals surface area contributed by atoms with E-state index in [2.05, 4.69) is 12.2 Å². The molecule has 0 fully saturated rings. The van der Waals surface area contributed by atoms with Gasteiger partial charge in [-0.25, -0.2) is 0 Å². The molecule has 0 saturated heterocycles. The van der Waals surface area contributed by atoms with Gasteiger partial charge in [-0.3, -0.25) is 4.79 Å². The highest BCUT2D eigenvalue weighted by molar-refractivity contribution is 5.78. The number of amides is 1. The fourth-order valence-corrected chi connectivity index (χ4v) is 2.73. The van der Waals surface area contributed by atoms with Crippen LogP contribution >= 0.6 is 0 Å². The van der Waals surface area contributed by atoms with Gasteiger partial charge in [0.25, 0.3) is 0 Å². The van der Waals surface area contributed by atoms with Gasteiger partial charge in [0.15, 0.2) is 11.5 Å². The number of hydrogen-bond acceptors (Lipinski definition) is 3. The molecule has 1 amide bonds. The molecule has 0 unspecified atom stereocenters. The Bertz CT molecular complexity index is 474. The topological polar surface area (TPSA) is 47.6 Å². The summed E-state index contributed by atoms with van der Waals surface area (Å²) in [4.78, 5) is 12.0. The third-order valence-electron chi connectivity index (χ3n) is 4.17. The predicted octanol–water partition coefficient (Wildman–Crippen LogP) is 4.50. The molecule has 1 aromatic carbocycles. The summed E-state index contributed by atoms with van der Waals surface area (Å²) in [5, 5.41) is 3.00. The smallest absolute Gasteiger partial charge is 0.224 e. The number of rotatable bonds is 13. The molecule has 4 heteroatoms. The van der Waals surface area contributed by atoms with Crippen molar-refractivity contribution in [1.82, 2.24) is 5.32 Å². The van der Waals surface area contributed by atoms with E-state index in [1.807, 2.05) is 18.2 Å². The molecule has 0 aromatic heterocycles. The van der Waals surface area contributed by atoms with Crippen LogP contribution in [-0.4, -0.2) is 26.7 Å². The molecule has 0 bridgehead atoms. The Balaban J connectivity index is 2.16. The lowest BCUT2D eigenvalue weighted by Gasteiger charge is -2.10. The second-order valence-corrected chi connectivity index (χ2v) is 6.19. The lowest BCUT2D eigenvalue weighted by atomic mass is 10.1. The molecule has 0 aliphatic heterocycles. The van der Waals surface area contributed by atoms with Gasteiger partial charge in [-0.15, -0.1) is 0 Å². The summed E-state index contributed by atoms with van der Waals surface area (Å²) < 4.78 is 10.5. The first-order valence-electron chi connectivity index (χ1n) is 9.18. The molecule has 0 radical (unpaired) electrons. The fraction of sp³-hybridized carbons (Fsp3) is 0.650. The van der Waals surface area contributed by atoms with Crippen LogP contribution < -0.4 is 14.8 Å². The summed E-state index contributed by atoms with van der Waals surface area (Å²) in [7, 11) is 3.21. The number of benzene rings is 1. The highest BCUT2D eigenvalue weighted by atomic mass is 16.5. The van der Waals surface area contributed by atoms with E-state index in [0.29, 0.717) is 17.9 Å². The summed E-state index contributed by atoms with van der Waals surface area (Å²) >= 11 is 0. The Morgan fingerprint density at radius 1 is 0.917 bits per heavy atom. The maximum absolute atomic E-state index is 12.0. The maximum atomic E-state index is 12.0. The molecule has 0 saturated carbocycles. The third-order valence-corrected chi connectivity index (χ3v) is 4.17. The summed E-state index contributed by atoms with van der Waals surface area (Å²) in [5.74, 6) is 1.40. The van der Waals surface area contributed by atoms with Crippen LogP contribution in [-0.2, 0) is 11.2 Å². The van der Waals surface area contributed by atoms with Crippen molar-refractivity contribution in [3.05, 3.63) is 23.8 Å². The number of methoxy groups -OCH3 is 2. The molecular formula is C20H33NO3. The third kappa shape index (κ3) is 8.23. The number of hydrogen-bond donors (Lipinski definition) is 1. The quantitative estimate of drug-likeness (QED) is 0.540. The zero-order chi connectivity index (χ0) is 17.6. The molecule has 1 N–H and O–H groups in total. The van der Waals surface area contributed by atoms with Crippen LogP contribution in [0.4, 0.5) is 0 Å². The van der Waals surface area contributed by atoms with E-state index in [-0.39, 0.29) is 5.91 Å². The summed E-state index contributed by atoms with van der Waals surface area (Å²) in [5.41, 5.74) is 0.932. The molecule has 0 atom stereocenters. The number of nitrogens with one attached hydrogen (secondary N) is 1. The van der Waals surface area contributed by atoms with Crippen LogP contribution in [0.15, 0.2) is 18.2 Å². The van der Waals surface area contributed by atoms with Crippen molar-refractivity contribution >= 4 is 5.91 Å². The second-order valence-electron chi connectivity index (χ2n) is 6.19. The Morgan fingerprint density at radius 2 is 1.54 bits per heavy atom. The summed E-state index contributed by atoms with van der Waals surface area (Å²) in [6.45, 7) is 3.01. The van der Waals surface area contributed by atoms with E-state index in [0.717, 1.165) is 18.5 Å². The molecule has 24 heavy (non-hydrogen) atoms. The minimum absolute atomic E-state index is 0.0603. The van der Waals surface area contributed by atoms with Crippen LogP contribution in [0.5, 0.6) is 11.5 Å². The first-order chi connectivity index (χ1) is 11.7. The maximum Gasteiger partial charge on any atom is 0.224 e. The van der Waals surface area contributed by atoms with Gasteiger partial charge in [-0.05, 0) is 24.1 Å². The van der Waals surface area contributed by atoms with Crippen molar-refractivity contribution in [2.24, 2.45) is 0 Å². The van der Waals surface area contributed by atoms with Gasteiger partial charge in [0, 0.05) is 6.54 Å². The van der Waals surface area contributed by atoms with Crippen molar-refractivity contribution < 1.29 is 14.3 Å². The monoisotopic (exact) mass is 335 g/mol. The van der Waals surface area contributed by atoms with Gasteiger partial charge in [0.2, 0.25) is 5.91 Å². The van der Waals surface area contributed by atoms with E-state index in [4.69, 9.17) is 9.47 Å². The van der Waals surface area contributed by atoms with E-state index in [1.165, 1.54) is 44.9 Å². The number of carbonyl (C=O) groups is 1. The van der Waals surface area contributed by atoms with Crippen molar-refractivity contribution in [3.8, 4) is 11.5 Å². The number of ether oxygens (including phenoxy) is 2. The average molecular weight is 335 g/mol. The van der Waals surface area contributed by atoms with Crippen molar-refractivity contribution in [3.63, 3.8) is 0 Å². The number of unbranched alkanes of at least 4 members (excludes halogenated alkanes) is 7. The first-order valence-corrected chi connectivity index (χ1v) is 9.18. The highest BCUT2D eigenvalue weighted by Crippen LogP contribution is 2.27. The molecule has 1 rings (SSSR count). The van der Waals surface area contributed by atoms with Gasteiger partial charge >= 0.3 is 0 Å². The van der Waals surface area contributed by atoms with Crippen LogP contribution in [0.1, 0.15) is 63.9 Å². The van der Waals surface area contributed by atoms with Crippen molar-refractivity contribution in [2.45, 2.75) is 64.7 Å². The van der Waals surface area contributed by atoms with Crippen molar-refractivity contribution in [2.75, 3.05) is 20.8 Å². The largest absolute Gasteiger partial charge is 0.493 e. The Hall–Kier alpha value is -1.71. The number of carbonyl (C=O) groups excluding carboxylic acids is 1. The van der Waals surface area contributed by atoms with Crippen LogP contribution in [0, 0.1) is 0 Å². The van der Waals surface area contributed by atoms with Gasteiger partial charge < -0.3 is 14.8 Å². The second kappa shape index (κ2) is 12.7. The Labute approximate surface area is 146 Å². The fourth-order valence-electron chi connectivity index (χ4n) is 2.73. The van der Waals surface area contributed by atoms with Gasteiger partial charge in [0.05, 0.1) is 20.6 Å². The van der Waals surface area contributed by atoms with E-state index < -0.39 is 0 Å². The molecule has 1 aromatic rings. The molecule has 0 heterocycles. The molecule has 4 nitrogen and oxygen atoms in total. The normalized spacial score (nSPS) is 10.5. The molecular weight excluding hydrogens is 302 g/mol. The van der Waals surface area contributed by atoms with Crippen LogP contribution in [0.3, 0.4) is 0 Å². The van der Waals surface area contributed by atoms with E-state index in [9.17, 15) is 4.79 Å². The molecule has 136 valence electrons. The summed E-state index contributed by atoms with van der Waals surface area (Å²) in [6, 6.07) is 5.59. The van der Waals surface area contributed by atoms with E-state index in [1.54, 1.807) is 14.2 Å². The van der Waals surface area contributed by atoms with Crippen LogP contribution in [0.25, 0.3) is 0 Å². The Morgan fingerprint density at radius 3 is 2.17 bits per heavy atom. The van der Waals surface area contributed by atoms with Gasteiger partial charge in [-0.2, -0.15) is 0 Å². The lowest BCUT2D eigenvalue weighted by molar-refractivity contribution is -0.120. The lowest BCUT2D eigenvalue weighted by Crippen LogP contribution is -2.26. The van der Waals surface area contributed by atoms with Crippen molar-refractivity contribution in [1.29, 1.82) is 0 Å². The zero-order valence-corrected chi connectivity index (χ0v) is 15.5. The average Bonchev–Trinajstić information content (AvgIpc) is 2.60. The Kier molecular flexibility index (Phi) is 10.7. The predicted molar refractivity (Wildman–Crippen MR) is 98.9 cm³/mol. The zero-order valence-electron chi connectivity index (χ0n) is 15.5. The molecule has 0 spiro atoms. The summed E-state index contributed by atoms with van der Waals surface area (Å²) in [6.07, 6.45) is 10.6. The standard InChI is InChI=1S/C20H33NO3/c1-4-5-6-7-8-9-10-11-14-21-20(22)16-17-12-13-18(23-2)19(15-17)24-3/h12-13,15H,4-11,14,16H2,1-3H3,(H,21,22). The SMILES string of the molecule is CCCCCCCCCCNC(=O)Cc1ccc(OC)c(OC)c1. The van der Waals surface area contributed by atoms with E-state index >= 15 is 0 Å². The first kappa shape index (κ1) is 20.3. The van der Waals surface area contributed by atoms with Gasteiger partial charge in [-0.1, -0.05) is 57.9 Å². The molecule has 0 aliphatic rings. The minimum atomic E-state index is 0.0603. The van der Waals surface area contributed by atoms with Gasteiger partial charge in [0.1, 0.15) is 0 Å². The highest BCUT2D eigenvalue weighted by Gasteiger charge is 2.08. The minimum Gasteiger partial charge on any atom is -0.493 e. The molecule has 0 aliphatic carbocycles.